The molecule has 1 atom stereocenters. The fraction of sp³-hybridized carbons (Fsp3) is 0.357. The largest absolute Gasteiger partial charge is 0.358 e. The second-order valence-corrected chi connectivity index (χ2v) is 7.84. The highest BCUT2D eigenvalue weighted by molar-refractivity contribution is 5.61. The molecule has 1 N–H and O–H groups in total. The van der Waals surface area contributed by atoms with Crippen LogP contribution in [0.25, 0.3) is 0 Å². The van der Waals surface area contributed by atoms with Crippen molar-refractivity contribution in [2.75, 3.05) is 0 Å². The van der Waals surface area contributed by atoms with Crippen LogP contribution in [-0.4, -0.2) is 0 Å². The number of nitrogens with one attached hydrogen (secondary N) is 1. The van der Waals surface area contributed by atoms with E-state index < -0.39 is 0 Å². The highest BCUT2D eigenvalue weighted by Crippen LogP contribution is 2.45. The van der Waals surface area contributed by atoms with Crippen molar-refractivity contribution in [2.45, 2.75) is 67.7 Å². The Kier molecular flexibility index (Phi) is 8.99. The van der Waals surface area contributed by atoms with Gasteiger partial charge in [0.05, 0.1) is 0 Å². The average molecular weight is 388 g/mol. The number of aryl methyl sites for hydroxylation is 1. The summed E-state index contributed by atoms with van der Waals surface area (Å²) in [6.07, 6.45) is 8.97. The van der Waals surface area contributed by atoms with Gasteiger partial charge in [0, 0.05) is 22.9 Å². The van der Waals surface area contributed by atoms with Crippen LogP contribution in [-0.2, 0) is 0 Å². The van der Waals surface area contributed by atoms with Gasteiger partial charge in [0.2, 0.25) is 0 Å². The summed E-state index contributed by atoms with van der Waals surface area (Å²) < 4.78 is 0. The fourth-order valence-corrected chi connectivity index (χ4v) is 3.71. The van der Waals surface area contributed by atoms with Gasteiger partial charge in [-0.3, -0.25) is 0 Å². The van der Waals surface area contributed by atoms with Crippen LogP contribution in [0, 0.1) is 19.3 Å². The molecule has 1 heterocycles. The first-order chi connectivity index (χ1) is 13.6. The lowest BCUT2D eigenvalue weighted by molar-refractivity contribution is 0.789. The zero-order valence-corrected chi connectivity index (χ0v) is 19.6. The molecule has 0 bridgehead atoms. The van der Waals surface area contributed by atoms with Gasteiger partial charge in [-0.15, -0.1) is 6.42 Å². The van der Waals surface area contributed by atoms with Gasteiger partial charge in [0.1, 0.15) is 0 Å². The number of terminal acetylenes is 1. The van der Waals surface area contributed by atoms with E-state index in [4.69, 9.17) is 6.42 Å². The molecule has 0 aromatic heterocycles. The van der Waals surface area contributed by atoms with Crippen LogP contribution in [0.3, 0.4) is 0 Å². The van der Waals surface area contributed by atoms with Crippen LogP contribution >= 0.6 is 0 Å². The summed E-state index contributed by atoms with van der Waals surface area (Å²) >= 11 is 0. The lowest BCUT2D eigenvalue weighted by atomic mass is 9.74. The molecule has 0 spiro atoms. The van der Waals surface area contributed by atoms with E-state index >= 15 is 0 Å². The molecule has 1 aliphatic rings. The monoisotopic (exact) mass is 387 g/mol. The number of hydrogen-bond acceptors (Lipinski definition) is 1. The van der Waals surface area contributed by atoms with Gasteiger partial charge in [-0.05, 0) is 81.5 Å². The maximum absolute atomic E-state index is 5.59. The van der Waals surface area contributed by atoms with Crippen molar-refractivity contribution in [2.24, 2.45) is 0 Å². The molecular weight excluding hydrogens is 350 g/mol. The van der Waals surface area contributed by atoms with Crippen LogP contribution in [0.1, 0.15) is 77.5 Å². The highest BCUT2D eigenvalue weighted by atomic mass is 14.9. The van der Waals surface area contributed by atoms with E-state index in [0.29, 0.717) is 0 Å². The Morgan fingerprint density at radius 3 is 2.07 bits per heavy atom. The molecule has 0 saturated heterocycles. The van der Waals surface area contributed by atoms with Crippen molar-refractivity contribution in [3.8, 4) is 12.3 Å². The maximum atomic E-state index is 5.59. The summed E-state index contributed by atoms with van der Waals surface area (Å²) in [5.74, 6) is 2.83. The Morgan fingerprint density at radius 2 is 1.66 bits per heavy atom. The third-order valence-electron chi connectivity index (χ3n) is 5.06. The summed E-state index contributed by atoms with van der Waals surface area (Å²) in [6.45, 7) is 25.4. The van der Waals surface area contributed by atoms with Crippen molar-refractivity contribution in [1.82, 2.24) is 5.32 Å². The Balaban J connectivity index is 0.00000132. The van der Waals surface area contributed by atoms with Gasteiger partial charge in [-0.1, -0.05) is 62.6 Å². The van der Waals surface area contributed by atoms with E-state index in [9.17, 15) is 0 Å². The normalized spacial score (nSPS) is 16.5. The van der Waals surface area contributed by atoms with Gasteiger partial charge in [-0.25, -0.2) is 0 Å². The lowest BCUT2D eigenvalue weighted by Gasteiger charge is -2.35. The molecule has 29 heavy (non-hydrogen) atoms. The molecule has 0 amide bonds. The molecule has 1 heteroatoms. The summed E-state index contributed by atoms with van der Waals surface area (Å²) in [6, 6.07) is 6.26. The van der Waals surface area contributed by atoms with Crippen molar-refractivity contribution in [3.05, 3.63) is 93.4 Å². The third-order valence-corrected chi connectivity index (χ3v) is 5.06. The Hall–Kier alpha value is -2.72. The molecule has 0 saturated carbocycles. The second kappa shape index (κ2) is 10.7. The average Bonchev–Trinajstić information content (AvgIpc) is 2.66. The molecule has 0 aliphatic carbocycles. The van der Waals surface area contributed by atoms with Gasteiger partial charge in [-0.2, -0.15) is 0 Å². The Labute approximate surface area is 179 Å². The molecule has 2 rings (SSSR count). The van der Waals surface area contributed by atoms with Gasteiger partial charge >= 0.3 is 0 Å². The van der Waals surface area contributed by atoms with E-state index in [1.54, 1.807) is 0 Å². The van der Waals surface area contributed by atoms with Crippen molar-refractivity contribution in [3.63, 3.8) is 0 Å². The lowest BCUT2D eigenvalue weighted by Crippen LogP contribution is -2.27. The fourth-order valence-electron chi connectivity index (χ4n) is 3.71. The zero-order valence-electron chi connectivity index (χ0n) is 19.6. The van der Waals surface area contributed by atoms with Crippen molar-refractivity contribution >= 4 is 0 Å². The first-order valence-corrected chi connectivity index (χ1v) is 10.4. The van der Waals surface area contributed by atoms with E-state index in [1.165, 1.54) is 34.3 Å². The summed E-state index contributed by atoms with van der Waals surface area (Å²) in [5, 5.41) is 3.61. The van der Waals surface area contributed by atoms with Crippen LogP contribution < -0.4 is 5.32 Å². The molecule has 0 radical (unpaired) electrons. The van der Waals surface area contributed by atoms with E-state index in [2.05, 4.69) is 98.0 Å². The van der Waals surface area contributed by atoms with Crippen LogP contribution in [0.2, 0.25) is 0 Å². The SMILES string of the molecule is C#Cc1ccc(C2C(C(=C)C)=C(C)NC(/C(C)=C\C)=C2C(=C)C)c(C)c1.CCC. The van der Waals surface area contributed by atoms with Crippen LogP contribution in [0.5, 0.6) is 0 Å². The van der Waals surface area contributed by atoms with Crippen molar-refractivity contribution in [1.29, 1.82) is 0 Å². The number of dihydropyridines is 1. The van der Waals surface area contributed by atoms with E-state index in [1.807, 2.05) is 6.07 Å². The Morgan fingerprint density at radius 1 is 1.10 bits per heavy atom. The maximum Gasteiger partial charge on any atom is 0.0452 e. The third kappa shape index (κ3) is 5.42. The Bertz CT molecular complexity index is 926. The van der Waals surface area contributed by atoms with Crippen molar-refractivity contribution < 1.29 is 0 Å². The van der Waals surface area contributed by atoms with E-state index in [-0.39, 0.29) is 5.92 Å². The minimum atomic E-state index is 0.1000. The highest BCUT2D eigenvalue weighted by Gasteiger charge is 2.32. The van der Waals surface area contributed by atoms with E-state index in [0.717, 1.165) is 28.1 Å². The quantitative estimate of drug-likeness (QED) is 0.521. The van der Waals surface area contributed by atoms with Crippen LogP contribution in [0.15, 0.2) is 76.7 Å². The van der Waals surface area contributed by atoms with Gasteiger partial charge in [0.15, 0.2) is 0 Å². The minimum Gasteiger partial charge on any atom is -0.358 e. The van der Waals surface area contributed by atoms with Gasteiger partial charge < -0.3 is 5.32 Å². The molecule has 1 nitrogen and oxygen atoms in total. The summed E-state index contributed by atoms with van der Waals surface area (Å²) in [7, 11) is 0. The summed E-state index contributed by atoms with van der Waals surface area (Å²) in [4.78, 5) is 0. The smallest absolute Gasteiger partial charge is 0.0452 e. The number of allylic oxidation sites excluding steroid dienone is 7. The molecule has 1 unspecified atom stereocenters. The number of benzene rings is 1. The standard InChI is InChI=1S/C25H29N.C3H8/c1-10-17(7)25-23(16(5)6)24(22(15(3)4)19(9)26-25)21-13-12-20(11-2)14-18(21)8;1-3-2/h2,10,12-14,24,26H,3,5H2,1,4,6-9H3;3H2,1-2H3/b17-10-;. The predicted octanol–water partition coefficient (Wildman–Crippen LogP) is 7.73. The topological polar surface area (TPSA) is 12.0 Å². The number of hydrogen-bond donors (Lipinski definition) is 1. The molecule has 1 aromatic rings. The molecule has 154 valence electrons. The summed E-state index contributed by atoms with van der Waals surface area (Å²) in [5.41, 5.74) is 11.4. The molecular formula is C28H37N. The molecule has 1 aliphatic heterocycles. The zero-order chi connectivity index (χ0) is 22.3. The first kappa shape index (κ1) is 24.3. The van der Waals surface area contributed by atoms with Crippen LogP contribution in [0.4, 0.5) is 0 Å². The molecule has 0 fully saturated rings. The van der Waals surface area contributed by atoms with Gasteiger partial charge in [0.25, 0.3) is 0 Å². The minimum absolute atomic E-state index is 0.1000. The second-order valence-electron chi connectivity index (χ2n) is 7.84. The molecule has 1 aromatic carbocycles. The predicted molar refractivity (Wildman–Crippen MR) is 130 cm³/mol. The number of rotatable bonds is 4. The first-order valence-electron chi connectivity index (χ1n) is 10.4.